The summed E-state index contributed by atoms with van der Waals surface area (Å²) in [5.74, 6) is -0.490. The molecule has 0 aliphatic carbocycles. The molecule has 27 heavy (non-hydrogen) atoms. The Morgan fingerprint density at radius 3 is 2.41 bits per heavy atom. The molecule has 1 aliphatic rings. The zero-order valence-electron chi connectivity index (χ0n) is 14.8. The molecule has 0 bridgehead atoms. The first kappa shape index (κ1) is 19.2. The Morgan fingerprint density at radius 2 is 1.74 bits per heavy atom. The molecule has 0 atom stereocenters. The maximum absolute atomic E-state index is 13.8. The van der Waals surface area contributed by atoms with Crippen LogP contribution in [-0.2, 0) is 0 Å². The number of benzene rings is 2. The number of hydrogen-bond donors (Lipinski definition) is 2. The van der Waals surface area contributed by atoms with Gasteiger partial charge in [0.05, 0.1) is 5.56 Å². The Morgan fingerprint density at radius 1 is 1.07 bits per heavy atom. The van der Waals surface area contributed by atoms with E-state index < -0.39 is 5.82 Å². The van der Waals surface area contributed by atoms with Crippen LogP contribution in [0.1, 0.15) is 23.2 Å². The van der Waals surface area contributed by atoms with Gasteiger partial charge in [-0.1, -0.05) is 23.7 Å². The van der Waals surface area contributed by atoms with Crippen molar-refractivity contribution in [3.05, 3.63) is 64.9 Å². The molecule has 1 fully saturated rings. The molecule has 0 saturated carbocycles. The summed E-state index contributed by atoms with van der Waals surface area (Å²) in [6.45, 7) is 1.64. The molecule has 0 aromatic heterocycles. The van der Waals surface area contributed by atoms with Gasteiger partial charge < -0.3 is 15.5 Å². The predicted molar refractivity (Wildman–Crippen MR) is 104 cm³/mol. The third-order valence-electron chi connectivity index (χ3n) is 4.66. The number of nitrogens with zero attached hydrogens (tertiary/aromatic N) is 1. The van der Waals surface area contributed by atoms with Crippen molar-refractivity contribution in [2.24, 2.45) is 5.92 Å². The van der Waals surface area contributed by atoms with Crippen molar-refractivity contribution < 1.29 is 14.0 Å². The minimum Gasteiger partial charge on any atom is -0.339 e. The number of likely N-dealkylation sites (tertiary alicyclic amines) is 1. The number of anilines is 1. The lowest BCUT2D eigenvalue weighted by molar-refractivity contribution is 0.0686. The van der Waals surface area contributed by atoms with E-state index in [0.717, 1.165) is 12.8 Å². The summed E-state index contributed by atoms with van der Waals surface area (Å²) >= 11 is 5.82. The van der Waals surface area contributed by atoms with E-state index >= 15 is 0 Å². The van der Waals surface area contributed by atoms with Gasteiger partial charge in [0.2, 0.25) is 0 Å². The van der Waals surface area contributed by atoms with Gasteiger partial charge in [-0.2, -0.15) is 0 Å². The summed E-state index contributed by atoms with van der Waals surface area (Å²) in [6.07, 6.45) is 1.53. The molecule has 3 amide bonds. The predicted octanol–water partition coefficient (Wildman–Crippen LogP) is 4.15. The van der Waals surface area contributed by atoms with Crippen LogP contribution in [-0.4, -0.2) is 36.5 Å². The number of carbonyl (C=O) groups is 2. The van der Waals surface area contributed by atoms with Crippen LogP contribution in [0.25, 0.3) is 0 Å². The number of halogens is 2. The van der Waals surface area contributed by atoms with Gasteiger partial charge in [-0.3, -0.25) is 4.79 Å². The monoisotopic (exact) mass is 389 g/mol. The quantitative estimate of drug-likeness (QED) is 0.825. The molecule has 2 N–H and O–H groups in total. The van der Waals surface area contributed by atoms with Crippen molar-refractivity contribution in [1.29, 1.82) is 0 Å². The summed E-state index contributed by atoms with van der Waals surface area (Å²) in [6, 6.07) is 12.6. The number of urea groups is 1. The summed E-state index contributed by atoms with van der Waals surface area (Å²) in [5, 5.41) is 6.21. The molecular weight excluding hydrogens is 369 g/mol. The van der Waals surface area contributed by atoms with E-state index in [-0.39, 0.29) is 23.4 Å². The molecule has 3 rings (SSSR count). The third kappa shape index (κ3) is 5.20. The van der Waals surface area contributed by atoms with Gasteiger partial charge >= 0.3 is 6.03 Å². The number of carbonyl (C=O) groups excluding carboxylic acids is 2. The molecule has 0 radical (unpaired) electrons. The van der Waals surface area contributed by atoms with Crippen molar-refractivity contribution in [3.8, 4) is 0 Å². The standard InChI is InChI=1S/C20H21ClFN3O2/c21-15-5-7-16(8-6-15)24-20(27)23-13-14-9-11-25(12-10-14)19(26)17-3-1-2-4-18(17)22/h1-8,14H,9-13H2,(H2,23,24,27). The molecular formula is C20H21ClFN3O2. The number of nitrogens with one attached hydrogen (secondary N) is 2. The van der Waals surface area contributed by atoms with Gasteiger partial charge in [0, 0.05) is 30.3 Å². The highest BCUT2D eigenvalue weighted by Gasteiger charge is 2.25. The molecule has 1 heterocycles. The Balaban J connectivity index is 1.43. The van der Waals surface area contributed by atoms with Crippen LogP contribution in [0.2, 0.25) is 5.02 Å². The van der Waals surface area contributed by atoms with E-state index in [1.54, 1.807) is 41.3 Å². The van der Waals surface area contributed by atoms with Crippen molar-refractivity contribution >= 4 is 29.2 Å². The fraction of sp³-hybridized carbons (Fsp3) is 0.300. The van der Waals surface area contributed by atoms with Gasteiger partial charge in [0.1, 0.15) is 5.82 Å². The summed E-state index contributed by atoms with van der Waals surface area (Å²) in [7, 11) is 0. The second-order valence-electron chi connectivity index (χ2n) is 6.56. The highest BCUT2D eigenvalue weighted by molar-refractivity contribution is 6.30. The topological polar surface area (TPSA) is 61.4 Å². The smallest absolute Gasteiger partial charge is 0.319 e. The number of amides is 3. The van der Waals surface area contributed by atoms with Gasteiger partial charge in [0.25, 0.3) is 5.91 Å². The summed E-state index contributed by atoms with van der Waals surface area (Å²) < 4.78 is 13.8. The molecule has 2 aromatic rings. The van der Waals surface area contributed by atoms with Crippen molar-refractivity contribution in [3.63, 3.8) is 0 Å². The van der Waals surface area contributed by atoms with E-state index in [9.17, 15) is 14.0 Å². The lowest BCUT2D eigenvalue weighted by Gasteiger charge is -2.32. The Hall–Kier alpha value is -2.60. The SMILES string of the molecule is O=C(NCC1CCN(C(=O)c2ccccc2F)CC1)Nc1ccc(Cl)cc1. The first-order valence-electron chi connectivity index (χ1n) is 8.87. The second kappa shape index (κ2) is 8.86. The summed E-state index contributed by atoms with van der Waals surface area (Å²) in [5.41, 5.74) is 0.777. The van der Waals surface area contributed by atoms with E-state index in [0.29, 0.717) is 30.3 Å². The molecule has 7 heteroatoms. The number of hydrogen-bond acceptors (Lipinski definition) is 2. The Labute approximate surface area is 162 Å². The molecule has 1 saturated heterocycles. The fourth-order valence-corrected chi connectivity index (χ4v) is 3.22. The van der Waals surface area contributed by atoms with E-state index in [1.807, 2.05) is 0 Å². The van der Waals surface area contributed by atoms with Crippen molar-refractivity contribution in [2.45, 2.75) is 12.8 Å². The largest absolute Gasteiger partial charge is 0.339 e. The van der Waals surface area contributed by atoms with E-state index in [4.69, 9.17) is 11.6 Å². The number of piperidine rings is 1. The van der Waals surface area contributed by atoms with Crippen molar-refractivity contribution in [2.75, 3.05) is 25.0 Å². The first-order chi connectivity index (χ1) is 13.0. The van der Waals surface area contributed by atoms with Crippen molar-refractivity contribution in [1.82, 2.24) is 10.2 Å². The van der Waals surface area contributed by atoms with Gasteiger partial charge in [-0.15, -0.1) is 0 Å². The minimum atomic E-state index is -0.495. The number of rotatable bonds is 4. The molecule has 5 nitrogen and oxygen atoms in total. The van der Waals surface area contributed by atoms with E-state index in [1.165, 1.54) is 12.1 Å². The second-order valence-corrected chi connectivity index (χ2v) is 6.99. The minimum absolute atomic E-state index is 0.108. The van der Waals surface area contributed by atoms with Crippen LogP contribution in [0.4, 0.5) is 14.9 Å². The Bertz CT molecular complexity index is 805. The van der Waals surface area contributed by atoms with Crippen LogP contribution < -0.4 is 10.6 Å². The highest BCUT2D eigenvalue weighted by Crippen LogP contribution is 2.20. The van der Waals surface area contributed by atoms with Crippen LogP contribution in [0.15, 0.2) is 48.5 Å². The lowest BCUT2D eigenvalue weighted by atomic mass is 9.96. The maximum atomic E-state index is 13.8. The van der Waals surface area contributed by atoms with Crippen LogP contribution in [0.5, 0.6) is 0 Å². The molecule has 0 spiro atoms. The first-order valence-corrected chi connectivity index (χ1v) is 9.25. The maximum Gasteiger partial charge on any atom is 0.319 e. The van der Waals surface area contributed by atoms with Gasteiger partial charge in [-0.25, -0.2) is 9.18 Å². The van der Waals surface area contributed by atoms with Crippen LogP contribution >= 0.6 is 11.6 Å². The average Bonchev–Trinajstić information content (AvgIpc) is 2.68. The van der Waals surface area contributed by atoms with Crippen LogP contribution in [0.3, 0.4) is 0 Å². The Kier molecular flexibility index (Phi) is 6.29. The summed E-state index contributed by atoms with van der Waals surface area (Å²) in [4.78, 5) is 26.1. The zero-order chi connectivity index (χ0) is 19.2. The zero-order valence-corrected chi connectivity index (χ0v) is 15.5. The molecule has 1 aliphatic heterocycles. The molecule has 142 valence electrons. The van der Waals surface area contributed by atoms with Gasteiger partial charge in [-0.05, 0) is 55.2 Å². The normalized spacial score (nSPS) is 14.7. The molecule has 0 unspecified atom stereocenters. The lowest BCUT2D eigenvalue weighted by Crippen LogP contribution is -2.42. The van der Waals surface area contributed by atoms with E-state index in [2.05, 4.69) is 10.6 Å². The van der Waals surface area contributed by atoms with Crippen LogP contribution in [0, 0.1) is 11.7 Å². The molecule has 2 aromatic carbocycles. The third-order valence-corrected chi connectivity index (χ3v) is 4.91. The average molecular weight is 390 g/mol. The fourth-order valence-electron chi connectivity index (χ4n) is 3.09. The highest BCUT2D eigenvalue weighted by atomic mass is 35.5. The van der Waals surface area contributed by atoms with Gasteiger partial charge in [0.15, 0.2) is 0 Å².